The zero-order valence-corrected chi connectivity index (χ0v) is 29.7. The monoisotopic (exact) mass is 646 g/mol. The topological polar surface area (TPSA) is 118 Å². The Balaban J connectivity index is 1.99. The summed E-state index contributed by atoms with van der Waals surface area (Å²) in [5.74, 6) is -0.0772. The van der Waals surface area contributed by atoms with Gasteiger partial charge in [-0.05, 0) is 76.1 Å². The molecule has 0 aliphatic heterocycles. The lowest BCUT2D eigenvalue weighted by Crippen LogP contribution is -2.27. The quantitative estimate of drug-likeness (QED) is 0.0929. The smallest absolute Gasteiger partial charge is 0.419 e. The van der Waals surface area contributed by atoms with Crippen LogP contribution in [0.5, 0.6) is 5.75 Å². The second-order valence-electron chi connectivity index (χ2n) is 14.0. The van der Waals surface area contributed by atoms with Crippen molar-refractivity contribution in [2.45, 2.75) is 85.0 Å². The van der Waals surface area contributed by atoms with Crippen molar-refractivity contribution in [3.05, 3.63) is 59.0 Å². The largest absolute Gasteiger partial charge is 0.496 e. The molecule has 2 atom stereocenters. The van der Waals surface area contributed by atoms with Crippen molar-refractivity contribution in [1.82, 2.24) is 14.1 Å². The average Bonchev–Trinajstić information content (AvgIpc) is 3.58. The summed E-state index contributed by atoms with van der Waals surface area (Å²) >= 11 is 0. The zero-order chi connectivity index (χ0) is 34.0. The Morgan fingerprint density at radius 3 is 2.43 bits per heavy atom. The first-order chi connectivity index (χ1) is 21.6. The van der Waals surface area contributed by atoms with Crippen LogP contribution >= 0.6 is 0 Å². The minimum absolute atomic E-state index is 0.238. The number of aromatic nitrogens is 3. The van der Waals surface area contributed by atoms with Crippen LogP contribution < -0.4 is 4.74 Å². The van der Waals surface area contributed by atoms with Crippen LogP contribution in [0.4, 0.5) is 4.79 Å². The fourth-order valence-corrected chi connectivity index (χ4v) is 6.43. The highest BCUT2D eigenvalue weighted by Gasteiger charge is 2.33. The van der Waals surface area contributed by atoms with Crippen LogP contribution in [0.25, 0.3) is 21.9 Å². The molecule has 0 radical (unpaired) electrons. The summed E-state index contributed by atoms with van der Waals surface area (Å²) in [6, 6.07) is 12.4. The third kappa shape index (κ3) is 7.62. The molecule has 0 spiro atoms. The molecule has 0 fully saturated rings. The lowest BCUT2D eigenvalue weighted by Gasteiger charge is -2.25. The van der Waals surface area contributed by atoms with Crippen LogP contribution in [-0.4, -0.2) is 60.7 Å². The Morgan fingerprint density at radius 2 is 1.83 bits per heavy atom. The second-order valence-corrected chi connectivity index (χ2v) is 19.6. The van der Waals surface area contributed by atoms with Crippen molar-refractivity contribution in [3.8, 4) is 11.8 Å². The van der Waals surface area contributed by atoms with E-state index in [4.69, 9.17) is 23.9 Å². The van der Waals surface area contributed by atoms with Gasteiger partial charge in [0, 0.05) is 37.7 Å². The molecular weight excluding hydrogens is 600 g/mol. The molecular formula is C35H46N4O6Si. The van der Waals surface area contributed by atoms with Gasteiger partial charge in [-0.25, -0.2) is 9.78 Å². The number of rotatable bonds is 11. The van der Waals surface area contributed by atoms with E-state index in [0.29, 0.717) is 41.2 Å². The third-order valence-electron chi connectivity index (χ3n) is 7.95. The number of nitrogens with zero attached hydrogens (tertiary/aromatic N) is 4. The number of ether oxygens (including phenoxy) is 4. The van der Waals surface area contributed by atoms with Crippen LogP contribution in [-0.2, 0) is 25.7 Å². The standard InChI is InChI=1S/C35H46N4O6Si/c1-22-18-29(42-6)30(25-13-14-38(31(22)25)34(41)45-35(3,4)5)26(17-23(2)33(40)43-7)32-37-27-19-24(20-36)11-12-28(27)39(32)21-44-15-16-46(8,9)10/h11-14,18-19,23,26H,15-17,21H2,1-10H3. The van der Waals surface area contributed by atoms with E-state index in [-0.39, 0.29) is 12.7 Å². The van der Waals surface area contributed by atoms with Gasteiger partial charge in [0.1, 0.15) is 23.9 Å². The summed E-state index contributed by atoms with van der Waals surface area (Å²) in [7, 11) is 1.65. The highest BCUT2D eigenvalue weighted by Crippen LogP contribution is 2.43. The lowest BCUT2D eigenvalue weighted by atomic mass is 9.85. The number of hydrogen-bond acceptors (Lipinski definition) is 8. The predicted octanol–water partition coefficient (Wildman–Crippen LogP) is 7.61. The first-order valence-electron chi connectivity index (χ1n) is 15.6. The summed E-state index contributed by atoms with van der Waals surface area (Å²) in [5, 5.41) is 10.4. The van der Waals surface area contributed by atoms with Gasteiger partial charge in [-0.15, -0.1) is 0 Å². The predicted molar refractivity (Wildman–Crippen MR) is 181 cm³/mol. The van der Waals surface area contributed by atoms with E-state index in [1.165, 1.54) is 11.7 Å². The van der Waals surface area contributed by atoms with Crippen LogP contribution in [0.1, 0.15) is 62.5 Å². The van der Waals surface area contributed by atoms with Crippen molar-refractivity contribution in [3.63, 3.8) is 0 Å². The Morgan fingerprint density at radius 1 is 1.11 bits per heavy atom. The van der Waals surface area contributed by atoms with Crippen molar-refractivity contribution in [2.24, 2.45) is 5.92 Å². The number of hydrogen-bond donors (Lipinski definition) is 0. The van der Waals surface area contributed by atoms with E-state index in [9.17, 15) is 14.9 Å². The number of imidazole rings is 1. The van der Waals surface area contributed by atoms with Gasteiger partial charge >= 0.3 is 12.1 Å². The van der Waals surface area contributed by atoms with E-state index >= 15 is 0 Å². The Kier molecular flexibility index (Phi) is 10.3. The first kappa shape index (κ1) is 34.7. The molecule has 0 aliphatic carbocycles. The van der Waals surface area contributed by atoms with Crippen molar-refractivity contribution >= 4 is 42.1 Å². The van der Waals surface area contributed by atoms with E-state index in [1.54, 1.807) is 25.4 Å². The number of nitriles is 1. The number of esters is 1. The fourth-order valence-electron chi connectivity index (χ4n) is 5.68. The SMILES string of the molecule is COC(=O)C(C)CC(c1c(OC)cc(C)c2c1ccn2C(=O)OC(C)(C)C)c1nc2cc(C#N)ccc2n1COCC[Si](C)(C)C. The summed E-state index contributed by atoms with van der Waals surface area (Å²) in [6.07, 6.45) is 1.55. The molecule has 0 aliphatic rings. The normalized spacial score (nSPS) is 13.4. The van der Waals surface area contributed by atoms with Gasteiger partial charge in [-0.2, -0.15) is 5.26 Å². The van der Waals surface area contributed by atoms with Gasteiger partial charge in [-0.1, -0.05) is 26.6 Å². The minimum Gasteiger partial charge on any atom is -0.496 e. The number of carbonyl (C=O) groups excluding carboxylic acids is 2. The van der Waals surface area contributed by atoms with Gasteiger partial charge in [0.2, 0.25) is 0 Å². The van der Waals surface area contributed by atoms with Crippen molar-refractivity contribution in [1.29, 1.82) is 5.26 Å². The molecule has 4 rings (SSSR count). The molecule has 2 heterocycles. The molecule has 0 amide bonds. The number of aryl methyl sites for hydroxylation is 1. The maximum atomic E-state index is 13.3. The summed E-state index contributed by atoms with van der Waals surface area (Å²) < 4.78 is 26.7. The van der Waals surface area contributed by atoms with Gasteiger partial charge in [0.15, 0.2) is 0 Å². The molecule has 2 aromatic heterocycles. The number of carbonyl (C=O) groups is 2. The third-order valence-corrected chi connectivity index (χ3v) is 9.65. The van der Waals surface area contributed by atoms with E-state index < -0.39 is 31.6 Å². The molecule has 11 heteroatoms. The lowest BCUT2D eigenvalue weighted by molar-refractivity contribution is -0.145. The van der Waals surface area contributed by atoms with Crippen LogP contribution in [0.2, 0.25) is 25.7 Å². The maximum absolute atomic E-state index is 13.3. The Labute approximate surface area is 272 Å². The Bertz CT molecular complexity index is 1790. The summed E-state index contributed by atoms with van der Waals surface area (Å²) in [5.41, 5.74) is 3.55. The van der Waals surface area contributed by atoms with Gasteiger partial charge in [0.25, 0.3) is 0 Å². The maximum Gasteiger partial charge on any atom is 0.419 e. The van der Waals surface area contributed by atoms with Crippen molar-refractivity contribution in [2.75, 3.05) is 20.8 Å². The van der Waals surface area contributed by atoms with E-state index in [0.717, 1.165) is 28.1 Å². The summed E-state index contributed by atoms with van der Waals surface area (Å²) in [6.45, 7) is 17.0. The van der Waals surface area contributed by atoms with Crippen LogP contribution in [0.3, 0.4) is 0 Å². The highest BCUT2D eigenvalue weighted by molar-refractivity contribution is 6.76. The highest BCUT2D eigenvalue weighted by atomic mass is 28.3. The average molecular weight is 647 g/mol. The molecule has 0 bridgehead atoms. The van der Waals surface area contributed by atoms with Crippen molar-refractivity contribution < 1.29 is 28.5 Å². The number of fused-ring (bicyclic) bond motifs is 2. The van der Waals surface area contributed by atoms with Gasteiger partial charge in [-0.3, -0.25) is 9.36 Å². The fraction of sp³-hybridized carbons (Fsp3) is 0.486. The molecule has 4 aromatic rings. The minimum atomic E-state index is -1.34. The molecule has 246 valence electrons. The molecule has 0 N–H and O–H groups in total. The Hall–Kier alpha value is -4.14. The second kappa shape index (κ2) is 13.7. The summed E-state index contributed by atoms with van der Waals surface area (Å²) in [4.78, 5) is 31.3. The molecule has 0 saturated carbocycles. The zero-order valence-electron chi connectivity index (χ0n) is 28.7. The molecule has 46 heavy (non-hydrogen) atoms. The van der Waals surface area contributed by atoms with E-state index in [2.05, 4.69) is 25.7 Å². The van der Waals surface area contributed by atoms with Crippen LogP contribution in [0.15, 0.2) is 36.5 Å². The van der Waals surface area contributed by atoms with Crippen LogP contribution in [0, 0.1) is 24.2 Å². The number of benzene rings is 2. The molecule has 2 aromatic carbocycles. The van der Waals surface area contributed by atoms with E-state index in [1.807, 2.05) is 57.4 Å². The molecule has 0 saturated heterocycles. The molecule has 2 unspecified atom stereocenters. The van der Waals surface area contributed by atoms with Gasteiger partial charge in [0.05, 0.1) is 48.3 Å². The number of methoxy groups -OCH3 is 2. The van der Waals surface area contributed by atoms with Gasteiger partial charge < -0.3 is 23.5 Å². The first-order valence-corrected chi connectivity index (χ1v) is 19.3. The molecule has 10 nitrogen and oxygen atoms in total.